The summed E-state index contributed by atoms with van der Waals surface area (Å²) in [7, 11) is 0. The topological polar surface area (TPSA) is 50.7 Å². The van der Waals surface area contributed by atoms with Crippen molar-refractivity contribution < 1.29 is 19.0 Å². The van der Waals surface area contributed by atoms with Crippen molar-refractivity contribution in [1.29, 1.82) is 0 Å². The Balaban J connectivity index is 1.58. The molecule has 5 heteroatoms. The lowest BCUT2D eigenvalue weighted by Gasteiger charge is -2.15. The largest absolute Gasteiger partial charge is 0.491 e. The van der Waals surface area contributed by atoms with Gasteiger partial charge in [0.25, 0.3) is 0 Å². The lowest BCUT2D eigenvalue weighted by atomic mass is 10.2. The summed E-state index contributed by atoms with van der Waals surface area (Å²) in [5.41, 5.74) is 0. The molecule has 0 radical (unpaired) electrons. The summed E-state index contributed by atoms with van der Waals surface area (Å²) >= 11 is 0. The van der Waals surface area contributed by atoms with Gasteiger partial charge in [0, 0.05) is 19.7 Å². The van der Waals surface area contributed by atoms with Crippen LogP contribution >= 0.6 is 0 Å². The van der Waals surface area contributed by atoms with Crippen LogP contribution in [0.1, 0.15) is 12.8 Å². The van der Waals surface area contributed by atoms with Crippen LogP contribution in [-0.2, 0) is 4.74 Å². The normalized spacial score (nSPS) is 20.4. The molecule has 1 aromatic carbocycles. The Morgan fingerprint density at radius 2 is 2.21 bits per heavy atom. The smallest absolute Gasteiger partial charge is 0.123 e. The monoisotopic (exact) mass is 269 g/mol. The Morgan fingerprint density at radius 1 is 1.42 bits per heavy atom. The predicted octanol–water partition coefficient (Wildman–Crippen LogP) is 1.33. The molecule has 1 aromatic rings. The molecule has 1 aliphatic rings. The van der Waals surface area contributed by atoms with Crippen molar-refractivity contribution in [3.63, 3.8) is 0 Å². The highest BCUT2D eigenvalue weighted by Crippen LogP contribution is 2.12. The first-order valence-electron chi connectivity index (χ1n) is 6.63. The summed E-state index contributed by atoms with van der Waals surface area (Å²) in [6.45, 7) is 2.24. The first kappa shape index (κ1) is 14.2. The number of aliphatic hydroxyl groups excluding tert-OH is 1. The van der Waals surface area contributed by atoms with Crippen LogP contribution in [0.4, 0.5) is 4.39 Å². The van der Waals surface area contributed by atoms with Crippen molar-refractivity contribution in [1.82, 2.24) is 5.32 Å². The van der Waals surface area contributed by atoms with Gasteiger partial charge >= 0.3 is 0 Å². The Bertz CT molecular complexity index is 365. The number of aliphatic hydroxyl groups is 1. The third-order valence-corrected chi connectivity index (χ3v) is 3.03. The number of hydrogen-bond donors (Lipinski definition) is 2. The summed E-state index contributed by atoms with van der Waals surface area (Å²) < 4.78 is 23.5. The van der Waals surface area contributed by atoms with Crippen LogP contribution in [-0.4, -0.2) is 43.6 Å². The van der Waals surface area contributed by atoms with E-state index in [0.29, 0.717) is 12.3 Å². The standard InChI is InChI=1S/C14H20FNO3/c15-11-3-5-13(6-4-11)19-10-12(17)8-16-9-14-2-1-7-18-14/h3-6,12,14,16-17H,1-2,7-10H2. The second-order valence-corrected chi connectivity index (χ2v) is 4.71. The fourth-order valence-corrected chi connectivity index (χ4v) is 2.00. The number of hydrogen-bond acceptors (Lipinski definition) is 4. The molecule has 1 fully saturated rings. The zero-order valence-corrected chi connectivity index (χ0v) is 10.8. The molecule has 2 atom stereocenters. The van der Waals surface area contributed by atoms with Gasteiger partial charge in [-0.1, -0.05) is 0 Å². The molecule has 2 N–H and O–H groups in total. The van der Waals surface area contributed by atoms with Gasteiger partial charge in [-0.15, -0.1) is 0 Å². The van der Waals surface area contributed by atoms with Crippen LogP contribution in [0.15, 0.2) is 24.3 Å². The minimum absolute atomic E-state index is 0.185. The highest BCUT2D eigenvalue weighted by molar-refractivity contribution is 5.22. The maximum atomic E-state index is 12.7. The zero-order chi connectivity index (χ0) is 13.5. The second-order valence-electron chi connectivity index (χ2n) is 4.71. The Hall–Kier alpha value is -1.17. The average Bonchev–Trinajstić information content (AvgIpc) is 2.91. The highest BCUT2D eigenvalue weighted by Gasteiger charge is 2.15. The molecule has 1 aliphatic heterocycles. The van der Waals surface area contributed by atoms with Crippen molar-refractivity contribution in [3.05, 3.63) is 30.1 Å². The molecular weight excluding hydrogens is 249 g/mol. The number of nitrogens with one attached hydrogen (secondary N) is 1. The van der Waals surface area contributed by atoms with E-state index in [4.69, 9.17) is 9.47 Å². The predicted molar refractivity (Wildman–Crippen MR) is 69.7 cm³/mol. The van der Waals surface area contributed by atoms with Crippen LogP contribution in [0.2, 0.25) is 0 Å². The molecule has 0 bridgehead atoms. The zero-order valence-electron chi connectivity index (χ0n) is 10.8. The second kappa shape index (κ2) is 7.43. The lowest BCUT2D eigenvalue weighted by molar-refractivity contribution is 0.0881. The van der Waals surface area contributed by atoms with Gasteiger partial charge in [0.15, 0.2) is 0 Å². The lowest BCUT2D eigenvalue weighted by Crippen LogP contribution is -2.35. The van der Waals surface area contributed by atoms with Gasteiger partial charge in [0.05, 0.1) is 6.10 Å². The van der Waals surface area contributed by atoms with E-state index in [-0.39, 0.29) is 18.5 Å². The molecule has 0 saturated carbocycles. The van der Waals surface area contributed by atoms with E-state index in [1.165, 1.54) is 12.1 Å². The van der Waals surface area contributed by atoms with E-state index < -0.39 is 6.10 Å². The van der Waals surface area contributed by atoms with Gasteiger partial charge in [0.2, 0.25) is 0 Å². The minimum atomic E-state index is -0.591. The number of rotatable bonds is 7. The third-order valence-electron chi connectivity index (χ3n) is 3.03. The van der Waals surface area contributed by atoms with E-state index in [0.717, 1.165) is 26.0 Å². The van der Waals surface area contributed by atoms with Crippen LogP contribution < -0.4 is 10.1 Å². The molecule has 1 saturated heterocycles. The van der Waals surface area contributed by atoms with E-state index >= 15 is 0 Å². The first-order valence-corrected chi connectivity index (χ1v) is 6.63. The van der Waals surface area contributed by atoms with E-state index in [1.807, 2.05) is 0 Å². The molecule has 2 unspecified atom stereocenters. The third kappa shape index (κ3) is 5.14. The van der Waals surface area contributed by atoms with Gasteiger partial charge in [-0.2, -0.15) is 0 Å². The van der Waals surface area contributed by atoms with Crippen molar-refractivity contribution in [2.75, 3.05) is 26.3 Å². The minimum Gasteiger partial charge on any atom is -0.491 e. The van der Waals surface area contributed by atoms with Crippen LogP contribution in [0.25, 0.3) is 0 Å². The Morgan fingerprint density at radius 3 is 2.89 bits per heavy atom. The van der Waals surface area contributed by atoms with Crippen LogP contribution in [0.5, 0.6) is 5.75 Å². The number of benzene rings is 1. The highest BCUT2D eigenvalue weighted by atomic mass is 19.1. The summed E-state index contributed by atoms with van der Waals surface area (Å²) in [6, 6.07) is 5.75. The summed E-state index contributed by atoms with van der Waals surface area (Å²) in [6.07, 6.45) is 1.87. The van der Waals surface area contributed by atoms with Gasteiger partial charge in [0.1, 0.15) is 24.3 Å². The number of halogens is 1. The van der Waals surface area contributed by atoms with Crippen molar-refractivity contribution >= 4 is 0 Å². The molecule has 106 valence electrons. The van der Waals surface area contributed by atoms with Gasteiger partial charge in [-0.3, -0.25) is 0 Å². The van der Waals surface area contributed by atoms with E-state index in [1.54, 1.807) is 12.1 Å². The maximum absolute atomic E-state index is 12.7. The van der Waals surface area contributed by atoms with Gasteiger partial charge in [-0.05, 0) is 37.1 Å². The maximum Gasteiger partial charge on any atom is 0.123 e. The SMILES string of the molecule is OC(CNCC1CCCO1)COc1ccc(F)cc1. The van der Waals surface area contributed by atoms with Crippen LogP contribution in [0.3, 0.4) is 0 Å². The molecule has 19 heavy (non-hydrogen) atoms. The average molecular weight is 269 g/mol. The molecule has 0 aromatic heterocycles. The van der Waals surface area contributed by atoms with Gasteiger partial charge < -0.3 is 19.9 Å². The van der Waals surface area contributed by atoms with E-state index in [9.17, 15) is 9.50 Å². The Labute approximate surface area is 112 Å². The number of ether oxygens (including phenoxy) is 2. The fourth-order valence-electron chi connectivity index (χ4n) is 2.00. The van der Waals surface area contributed by atoms with E-state index in [2.05, 4.69) is 5.32 Å². The fraction of sp³-hybridized carbons (Fsp3) is 0.571. The molecule has 4 nitrogen and oxygen atoms in total. The summed E-state index contributed by atoms with van der Waals surface area (Å²) in [5, 5.41) is 12.9. The van der Waals surface area contributed by atoms with Crippen molar-refractivity contribution in [3.8, 4) is 5.75 Å². The molecule has 2 rings (SSSR count). The molecule has 1 heterocycles. The van der Waals surface area contributed by atoms with Crippen molar-refractivity contribution in [2.45, 2.75) is 25.0 Å². The molecular formula is C14H20FNO3. The van der Waals surface area contributed by atoms with Crippen LogP contribution in [0, 0.1) is 5.82 Å². The molecule has 0 aliphatic carbocycles. The Kier molecular flexibility index (Phi) is 5.57. The summed E-state index contributed by atoms with van der Waals surface area (Å²) in [5.74, 6) is 0.255. The van der Waals surface area contributed by atoms with Gasteiger partial charge in [-0.25, -0.2) is 4.39 Å². The van der Waals surface area contributed by atoms with Crippen molar-refractivity contribution in [2.24, 2.45) is 0 Å². The molecule has 0 spiro atoms. The quantitative estimate of drug-likeness (QED) is 0.784. The first-order chi connectivity index (χ1) is 9.24. The molecule has 0 amide bonds. The summed E-state index contributed by atoms with van der Waals surface area (Å²) in [4.78, 5) is 0.